The van der Waals surface area contributed by atoms with Crippen molar-refractivity contribution in [1.29, 1.82) is 0 Å². The fourth-order valence-corrected chi connectivity index (χ4v) is 3.62. The Balaban J connectivity index is 2.06. The maximum absolute atomic E-state index is 12.5. The first kappa shape index (κ1) is 20.4. The Morgan fingerprint density at radius 1 is 1.35 bits per heavy atom. The van der Waals surface area contributed by atoms with Gasteiger partial charge in [-0.2, -0.15) is 0 Å². The van der Waals surface area contributed by atoms with Crippen LogP contribution in [0.3, 0.4) is 0 Å². The van der Waals surface area contributed by atoms with E-state index in [9.17, 15) is 29.7 Å². The van der Waals surface area contributed by atoms with Crippen molar-refractivity contribution < 1.29 is 29.7 Å². The molecule has 1 aliphatic heterocycles. The lowest BCUT2D eigenvalue weighted by Gasteiger charge is -2.27. The number of nitrogens with zero attached hydrogens (tertiary/aromatic N) is 1. The van der Waals surface area contributed by atoms with Crippen molar-refractivity contribution in [3.05, 3.63) is 27.3 Å². The van der Waals surface area contributed by atoms with E-state index in [1.54, 1.807) is 12.1 Å². The standard InChI is InChI=1S/C17H21IN2O6/c1-9(15(22)20-6-2-3-13(20)17(25)26)19-12(16(23)24)8-10-4-5-14(21)11(18)7-10/h4-5,7,9,12-13,19,21H,2-3,6,8H2,1H3,(H,23,24)(H,25,26)/t9-,12-,13-/m0/s1/i18-2. The molecule has 0 unspecified atom stereocenters. The number of aromatic hydroxyl groups is 1. The summed E-state index contributed by atoms with van der Waals surface area (Å²) in [5, 5.41) is 31.0. The number of likely N-dealkylation sites (tertiary alicyclic amines) is 1. The summed E-state index contributed by atoms with van der Waals surface area (Å²) in [6, 6.07) is 2.11. The maximum Gasteiger partial charge on any atom is 0.326 e. The van der Waals surface area contributed by atoms with Gasteiger partial charge in [-0.15, -0.1) is 0 Å². The Morgan fingerprint density at radius 3 is 2.62 bits per heavy atom. The van der Waals surface area contributed by atoms with Crippen LogP contribution in [0, 0.1) is 3.57 Å². The third kappa shape index (κ3) is 4.85. The highest BCUT2D eigenvalue weighted by Gasteiger charge is 2.36. The molecule has 0 radical (unpaired) electrons. The van der Waals surface area contributed by atoms with E-state index in [0.29, 0.717) is 28.5 Å². The third-order valence-corrected chi connectivity index (χ3v) is 5.26. The van der Waals surface area contributed by atoms with E-state index in [0.717, 1.165) is 0 Å². The Kier molecular flexibility index (Phi) is 6.81. The maximum atomic E-state index is 12.5. The first-order chi connectivity index (χ1) is 12.2. The van der Waals surface area contributed by atoms with Gasteiger partial charge in [-0.3, -0.25) is 14.9 Å². The molecular weight excluding hydrogens is 453 g/mol. The number of aliphatic carboxylic acids is 2. The van der Waals surface area contributed by atoms with E-state index in [1.807, 2.05) is 22.6 Å². The highest BCUT2D eigenvalue weighted by molar-refractivity contribution is 14.1. The highest BCUT2D eigenvalue weighted by atomic mass is 125. The molecule has 4 N–H and O–H groups in total. The van der Waals surface area contributed by atoms with Crippen molar-refractivity contribution in [2.45, 2.75) is 44.3 Å². The Bertz CT molecular complexity index is 710. The van der Waals surface area contributed by atoms with Crippen LogP contribution in [0.4, 0.5) is 0 Å². The van der Waals surface area contributed by atoms with Gasteiger partial charge in [0, 0.05) is 6.54 Å². The van der Waals surface area contributed by atoms with Crippen molar-refractivity contribution in [1.82, 2.24) is 10.2 Å². The summed E-state index contributed by atoms with van der Waals surface area (Å²) < 4.78 is 0.606. The quantitative estimate of drug-likeness (QED) is 0.435. The van der Waals surface area contributed by atoms with Crippen molar-refractivity contribution in [3.63, 3.8) is 0 Å². The van der Waals surface area contributed by atoms with E-state index in [4.69, 9.17) is 0 Å². The van der Waals surface area contributed by atoms with Crippen LogP contribution in [-0.4, -0.2) is 62.7 Å². The van der Waals surface area contributed by atoms with Crippen molar-refractivity contribution in [3.8, 4) is 5.75 Å². The number of benzene rings is 1. The van der Waals surface area contributed by atoms with E-state index in [1.165, 1.54) is 17.9 Å². The number of phenols is 1. The van der Waals surface area contributed by atoms with Gasteiger partial charge in [-0.25, -0.2) is 4.79 Å². The molecule has 1 saturated heterocycles. The molecule has 0 aromatic heterocycles. The second-order valence-corrected chi connectivity index (χ2v) is 7.46. The molecule has 1 fully saturated rings. The minimum absolute atomic E-state index is 0.117. The van der Waals surface area contributed by atoms with E-state index >= 15 is 0 Å². The summed E-state index contributed by atoms with van der Waals surface area (Å²) in [5.41, 5.74) is 0.705. The second kappa shape index (κ2) is 8.67. The lowest BCUT2D eigenvalue weighted by molar-refractivity contribution is -0.149. The average molecular weight is 474 g/mol. The summed E-state index contributed by atoms with van der Waals surface area (Å²) in [6.45, 7) is 1.89. The summed E-state index contributed by atoms with van der Waals surface area (Å²) in [5.74, 6) is -2.45. The molecule has 2 rings (SSSR count). The first-order valence-electron chi connectivity index (χ1n) is 8.20. The van der Waals surface area contributed by atoms with Crippen LogP contribution < -0.4 is 5.32 Å². The summed E-state index contributed by atoms with van der Waals surface area (Å²) in [7, 11) is 0. The zero-order valence-electron chi connectivity index (χ0n) is 14.2. The largest absolute Gasteiger partial charge is 0.507 e. The van der Waals surface area contributed by atoms with Crippen LogP contribution in [0.15, 0.2) is 18.2 Å². The van der Waals surface area contributed by atoms with Gasteiger partial charge < -0.3 is 20.2 Å². The highest BCUT2D eigenvalue weighted by Crippen LogP contribution is 2.21. The van der Waals surface area contributed by atoms with E-state index < -0.39 is 36.0 Å². The normalized spacial score (nSPS) is 19.2. The molecule has 9 heteroatoms. The molecule has 1 aromatic rings. The van der Waals surface area contributed by atoms with Gasteiger partial charge >= 0.3 is 11.9 Å². The zero-order chi connectivity index (χ0) is 19.4. The van der Waals surface area contributed by atoms with Gasteiger partial charge in [0.25, 0.3) is 0 Å². The minimum Gasteiger partial charge on any atom is -0.507 e. The number of rotatable bonds is 7. The van der Waals surface area contributed by atoms with Gasteiger partial charge in [0.2, 0.25) is 5.91 Å². The number of carboxylic acids is 2. The summed E-state index contributed by atoms with van der Waals surface area (Å²) in [6.07, 6.45) is 1.15. The lowest BCUT2D eigenvalue weighted by atomic mass is 10.0. The van der Waals surface area contributed by atoms with Crippen LogP contribution in [-0.2, 0) is 20.8 Å². The summed E-state index contributed by atoms with van der Waals surface area (Å²) in [4.78, 5) is 36.7. The van der Waals surface area contributed by atoms with Crippen LogP contribution in [0.1, 0.15) is 25.3 Å². The number of hydrogen-bond donors (Lipinski definition) is 4. The third-order valence-electron chi connectivity index (χ3n) is 4.39. The molecular formula is C17H21IN2O6. The summed E-state index contributed by atoms with van der Waals surface area (Å²) >= 11 is 1.95. The van der Waals surface area contributed by atoms with Crippen molar-refractivity contribution in [2.75, 3.05) is 6.54 Å². The smallest absolute Gasteiger partial charge is 0.326 e. The molecule has 1 heterocycles. The molecule has 0 bridgehead atoms. The second-order valence-electron chi connectivity index (χ2n) is 6.30. The fourth-order valence-electron chi connectivity index (χ4n) is 3.04. The number of carbonyl (C=O) groups excluding carboxylic acids is 1. The number of hydrogen-bond acceptors (Lipinski definition) is 5. The first-order valence-corrected chi connectivity index (χ1v) is 9.28. The van der Waals surface area contributed by atoms with Gasteiger partial charge in [-0.05, 0) is 66.5 Å². The van der Waals surface area contributed by atoms with Crippen LogP contribution in [0.25, 0.3) is 0 Å². The minimum atomic E-state index is -1.11. The van der Waals surface area contributed by atoms with Crippen LogP contribution in [0.2, 0.25) is 0 Å². The molecule has 26 heavy (non-hydrogen) atoms. The fraction of sp³-hybridized carbons (Fsp3) is 0.471. The SMILES string of the molecule is C[C@H](N[C@@H](Cc1ccc(O)c([125I])c1)C(=O)O)C(=O)N1CCC[C@H]1C(=O)O. The van der Waals surface area contributed by atoms with Gasteiger partial charge in [-0.1, -0.05) is 6.07 Å². The molecule has 1 amide bonds. The topological polar surface area (TPSA) is 127 Å². The lowest BCUT2D eigenvalue weighted by Crippen LogP contribution is -2.53. The van der Waals surface area contributed by atoms with E-state index in [-0.39, 0.29) is 12.2 Å². The predicted octanol–water partition coefficient (Wildman–Crippen LogP) is 1.05. The van der Waals surface area contributed by atoms with Crippen molar-refractivity contribution in [2.24, 2.45) is 0 Å². The predicted molar refractivity (Wildman–Crippen MR) is 101 cm³/mol. The monoisotopic (exact) mass is 474 g/mol. The number of nitrogens with one attached hydrogen (secondary N) is 1. The Morgan fingerprint density at radius 2 is 2.04 bits per heavy atom. The molecule has 0 saturated carbocycles. The van der Waals surface area contributed by atoms with Gasteiger partial charge in [0.15, 0.2) is 0 Å². The van der Waals surface area contributed by atoms with Crippen LogP contribution in [0.5, 0.6) is 5.75 Å². The number of halogens is 1. The Labute approximate surface area is 164 Å². The molecule has 1 aromatic carbocycles. The van der Waals surface area contributed by atoms with Crippen molar-refractivity contribution >= 4 is 40.4 Å². The molecule has 142 valence electrons. The molecule has 3 atom stereocenters. The number of phenolic OH excluding ortho intramolecular Hbond substituents is 1. The van der Waals surface area contributed by atoms with Gasteiger partial charge in [0.1, 0.15) is 17.8 Å². The number of carbonyl (C=O) groups is 3. The number of amides is 1. The molecule has 0 aliphatic carbocycles. The van der Waals surface area contributed by atoms with E-state index in [2.05, 4.69) is 5.32 Å². The molecule has 8 nitrogen and oxygen atoms in total. The molecule has 1 aliphatic rings. The Hall–Kier alpha value is -1.88. The average Bonchev–Trinajstić information content (AvgIpc) is 3.06. The zero-order valence-corrected chi connectivity index (χ0v) is 16.3. The molecule has 0 spiro atoms. The number of carboxylic acid groups (broad SMARTS) is 2. The van der Waals surface area contributed by atoms with Gasteiger partial charge in [0.05, 0.1) is 9.61 Å². The van der Waals surface area contributed by atoms with Crippen LogP contribution >= 0.6 is 22.6 Å².